The van der Waals surface area contributed by atoms with Crippen LogP contribution in [0.15, 0.2) is 24.3 Å². The summed E-state index contributed by atoms with van der Waals surface area (Å²) >= 11 is 0. The Balaban J connectivity index is 4.30. The van der Waals surface area contributed by atoms with Crippen LogP contribution in [0.25, 0.3) is 0 Å². The van der Waals surface area contributed by atoms with E-state index >= 15 is 0 Å². The number of esters is 2. The van der Waals surface area contributed by atoms with Crippen LogP contribution in [0.3, 0.4) is 0 Å². The number of carbonyl (C=O) groups excluding carboxylic acids is 2. The second-order valence-corrected chi connectivity index (χ2v) is 6.63. The Morgan fingerprint density at radius 3 is 1.52 bits per heavy atom. The van der Waals surface area contributed by atoms with Gasteiger partial charge in [-0.15, -0.1) is 0 Å². The van der Waals surface area contributed by atoms with Crippen LogP contribution in [0, 0.1) is 0 Å². The van der Waals surface area contributed by atoms with Crippen LogP contribution in [-0.2, 0) is 19.1 Å². The Morgan fingerprint density at radius 2 is 1.16 bits per heavy atom. The number of rotatable bonds is 14. The fraction of sp³-hybridized carbons (Fsp3) is 0.700. The Bertz CT molecular complexity index is 425. The van der Waals surface area contributed by atoms with Gasteiger partial charge in [0, 0.05) is 11.1 Å². The molecule has 0 atom stereocenters. The molecule has 0 saturated heterocycles. The molecule has 0 amide bonds. The summed E-state index contributed by atoms with van der Waals surface area (Å²) in [7, 11) is 0. The zero-order chi connectivity index (χ0) is 19.3. The molecule has 0 aliphatic carbocycles. The van der Waals surface area contributed by atoms with Gasteiger partial charge in [-0.2, -0.15) is 0 Å². The lowest BCUT2D eigenvalue weighted by atomic mass is 10.1. The molecule has 0 aromatic heterocycles. The first-order valence-electron chi connectivity index (χ1n) is 9.22. The van der Waals surface area contributed by atoms with E-state index in [0.29, 0.717) is 6.42 Å². The van der Waals surface area contributed by atoms with E-state index in [4.69, 9.17) is 9.47 Å². The van der Waals surface area contributed by atoms with Crippen LogP contribution in [0.2, 0.25) is 0 Å². The molecule has 0 aromatic carbocycles. The van der Waals surface area contributed by atoms with Gasteiger partial charge in [-0.25, -0.2) is 9.59 Å². The van der Waals surface area contributed by atoms with Crippen molar-refractivity contribution in [2.45, 2.75) is 91.0 Å². The topological polar surface area (TPSA) is 72.8 Å². The first kappa shape index (κ1) is 23.4. The highest BCUT2D eigenvalue weighted by Gasteiger charge is 2.36. The van der Waals surface area contributed by atoms with Gasteiger partial charge in [0.25, 0.3) is 0 Å². The van der Waals surface area contributed by atoms with Crippen molar-refractivity contribution >= 4 is 11.9 Å². The zero-order valence-electron chi connectivity index (χ0n) is 16.1. The summed E-state index contributed by atoms with van der Waals surface area (Å²) in [4.78, 5) is 23.3. The molecule has 25 heavy (non-hydrogen) atoms. The second-order valence-electron chi connectivity index (χ2n) is 6.63. The van der Waals surface area contributed by atoms with Crippen molar-refractivity contribution in [3.8, 4) is 0 Å². The van der Waals surface area contributed by atoms with Gasteiger partial charge < -0.3 is 14.6 Å². The maximum Gasteiger partial charge on any atom is 0.373 e. The minimum atomic E-state index is -2.27. The molecule has 0 saturated carbocycles. The first-order chi connectivity index (χ1) is 11.7. The summed E-state index contributed by atoms with van der Waals surface area (Å²) < 4.78 is 9.85. The number of carbonyl (C=O) groups is 2. The minimum Gasteiger partial charge on any atom is -0.395 e. The lowest BCUT2D eigenvalue weighted by molar-refractivity contribution is -0.325. The number of ether oxygens (including phenoxy) is 2. The van der Waals surface area contributed by atoms with Crippen molar-refractivity contribution in [3.63, 3.8) is 0 Å². The van der Waals surface area contributed by atoms with E-state index in [1.165, 1.54) is 46.0 Å². The van der Waals surface area contributed by atoms with Crippen LogP contribution in [0.4, 0.5) is 0 Å². The molecular weight excluding hydrogens is 320 g/mol. The Hall–Kier alpha value is -1.62. The third kappa shape index (κ3) is 11.5. The third-order valence-corrected chi connectivity index (χ3v) is 3.80. The molecule has 0 rings (SSSR count). The molecule has 144 valence electrons. The average Bonchev–Trinajstić information content (AvgIpc) is 2.52. The van der Waals surface area contributed by atoms with Gasteiger partial charge in [-0.05, 0) is 20.3 Å². The van der Waals surface area contributed by atoms with Gasteiger partial charge in [-0.3, -0.25) is 0 Å². The fourth-order valence-corrected chi connectivity index (χ4v) is 2.25. The predicted octanol–water partition coefficient (Wildman–Crippen LogP) is 4.79. The summed E-state index contributed by atoms with van der Waals surface area (Å²) in [5.74, 6) is -3.87. The smallest absolute Gasteiger partial charge is 0.373 e. The molecule has 0 spiro atoms. The molecule has 5 nitrogen and oxygen atoms in total. The van der Waals surface area contributed by atoms with Gasteiger partial charge in [0.1, 0.15) is 0 Å². The molecule has 1 N–H and O–H groups in total. The molecule has 5 heteroatoms. The summed E-state index contributed by atoms with van der Waals surface area (Å²) in [6.45, 7) is 12.0. The van der Waals surface area contributed by atoms with Gasteiger partial charge in [0.05, 0.1) is 6.42 Å². The van der Waals surface area contributed by atoms with Gasteiger partial charge >= 0.3 is 17.9 Å². The van der Waals surface area contributed by atoms with E-state index in [0.717, 1.165) is 19.3 Å². The molecule has 0 heterocycles. The van der Waals surface area contributed by atoms with E-state index in [2.05, 4.69) is 20.1 Å². The van der Waals surface area contributed by atoms with Crippen molar-refractivity contribution in [1.29, 1.82) is 0 Å². The van der Waals surface area contributed by atoms with Crippen molar-refractivity contribution in [1.82, 2.24) is 0 Å². The lowest BCUT2D eigenvalue weighted by Crippen LogP contribution is -2.40. The maximum atomic E-state index is 11.7. The standard InChI is InChI=1S/C20H34O5/c1-6-7-8-9-10-11-12-13-14-15-20(23,24-18(21)16(2)3)25-19(22)17(4)5/h23H,2,4,6-15H2,1,3,5H3. The van der Waals surface area contributed by atoms with E-state index < -0.39 is 17.9 Å². The molecule has 0 fully saturated rings. The monoisotopic (exact) mass is 354 g/mol. The van der Waals surface area contributed by atoms with Gasteiger partial charge in [0.15, 0.2) is 0 Å². The number of hydrogen-bond acceptors (Lipinski definition) is 5. The van der Waals surface area contributed by atoms with Crippen molar-refractivity contribution < 1.29 is 24.2 Å². The molecule has 0 radical (unpaired) electrons. The summed E-state index contributed by atoms with van der Waals surface area (Å²) in [5.41, 5.74) is 0.244. The quantitative estimate of drug-likeness (QED) is 0.210. The highest BCUT2D eigenvalue weighted by molar-refractivity contribution is 5.88. The second kappa shape index (κ2) is 12.7. The third-order valence-electron chi connectivity index (χ3n) is 3.80. The summed E-state index contributed by atoms with van der Waals surface area (Å²) in [6, 6.07) is 0. The Labute approximate surface area is 152 Å². The minimum absolute atomic E-state index is 0.0286. The van der Waals surface area contributed by atoms with E-state index in [1.807, 2.05) is 0 Å². The van der Waals surface area contributed by atoms with Crippen LogP contribution in [-0.4, -0.2) is 23.0 Å². The van der Waals surface area contributed by atoms with Gasteiger partial charge in [-0.1, -0.05) is 71.4 Å². The number of aliphatic hydroxyl groups is 1. The largest absolute Gasteiger partial charge is 0.395 e. The molecule has 0 aliphatic heterocycles. The average molecular weight is 354 g/mol. The lowest BCUT2D eigenvalue weighted by Gasteiger charge is -2.27. The molecule has 0 unspecified atom stereocenters. The van der Waals surface area contributed by atoms with Crippen LogP contribution >= 0.6 is 0 Å². The highest BCUT2D eigenvalue weighted by atomic mass is 16.8. The van der Waals surface area contributed by atoms with Crippen LogP contribution in [0.5, 0.6) is 0 Å². The van der Waals surface area contributed by atoms with E-state index in [1.54, 1.807) is 0 Å². The SMILES string of the molecule is C=C(C)C(=O)OC(O)(CCCCCCCCCCC)OC(=O)C(=C)C. The maximum absolute atomic E-state index is 11.7. The molecule has 0 bridgehead atoms. The first-order valence-corrected chi connectivity index (χ1v) is 9.22. The number of unbranched alkanes of at least 4 members (excludes halogenated alkanes) is 8. The Kier molecular flexibility index (Phi) is 11.9. The van der Waals surface area contributed by atoms with Gasteiger partial charge in [0.2, 0.25) is 0 Å². The van der Waals surface area contributed by atoms with Crippen molar-refractivity contribution in [3.05, 3.63) is 24.3 Å². The van der Waals surface area contributed by atoms with E-state index in [-0.39, 0.29) is 17.6 Å². The van der Waals surface area contributed by atoms with Crippen LogP contribution < -0.4 is 0 Å². The normalized spacial score (nSPS) is 11.0. The molecule has 0 aliphatic rings. The van der Waals surface area contributed by atoms with E-state index in [9.17, 15) is 14.7 Å². The molecular formula is C20H34O5. The van der Waals surface area contributed by atoms with Crippen LogP contribution in [0.1, 0.15) is 85.0 Å². The van der Waals surface area contributed by atoms with Crippen molar-refractivity contribution in [2.24, 2.45) is 0 Å². The molecule has 0 aromatic rings. The highest BCUT2D eigenvalue weighted by Crippen LogP contribution is 2.22. The Morgan fingerprint density at radius 1 is 0.800 bits per heavy atom. The fourth-order valence-electron chi connectivity index (χ4n) is 2.25. The predicted molar refractivity (Wildman–Crippen MR) is 98.6 cm³/mol. The summed E-state index contributed by atoms with van der Waals surface area (Å²) in [5, 5.41) is 10.4. The summed E-state index contributed by atoms with van der Waals surface area (Å²) in [6.07, 6.45) is 9.92. The van der Waals surface area contributed by atoms with Crippen molar-refractivity contribution in [2.75, 3.05) is 0 Å². The zero-order valence-corrected chi connectivity index (χ0v) is 16.1. The number of hydrogen-bond donors (Lipinski definition) is 1.